The van der Waals surface area contributed by atoms with Crippen LogP contribution in [-0.2, 0) is 6.54 Å². The number of nitrogens with one attached hydrogen (secondary N) is 1. The zero-order valence-corrected chi connectivity index (χ0v) is 10.8. The predicted molar refractivity (Wildman–Crippen MR) is 69.6 cm³/mol. The van der Waals surface area contributed by atoms with E-state index in [2.05, 4.69) is 10.3 Å². The second kappa shape index (κ2) is 5.38. The number of hydrogen-bond donors (Lipinski definition) is 1. The van der Waals surface area contributed by atoms with Crippen LogP contribution in [0.1, 0.15) is 18.2 Å². The monoisotopic (exact) mass is 250 g/mol. The summed E-state index contributed by atoms with van der Waals surface area (Å²) < 4.78 is 13.9. The van der Waals surface area contributed by atoms with E-state index in [0.717, 1.165) is 23.8 Å². The molecule has 0 aliphatic rings. The largest absolute Gasteiger partial charge is 0.311 e. The van der Waals surface area contributed by atoms with Crippen molar-refractivity contribution in [3.05, 3.63) is 40.7 Å². The van der Waals surface area contributed by atoms with Crippen molar-refractivity contribution in [1.82, 2.24) is 10.3 Å². The Balaban J connectivity index is 2.27. The molecule has 1 N–H and O–H groups in total. The molecule has 2 aromatic rings. The number of benzene rings is 1. The van der Waals surface area contributed by atoms with Gasteiger partial charge in [0.05, 0.1) is 5.69 Å². The molecule has 2 rings (SSSR count). The maximum atomic E-state index is 13.9. The van der Waals surface area contributed by atoms with E-state index in [9.17, 15) is 4.39 Å². The Bertz CT molecular complexity index is 508. The third-order valence-corrected chi connectivity index (χ3v) is 3.45. The first-order valence-electron chi connectivity index (χ1n) is 5.63. The van der Waals surface area contributed by atoms with Gasteiger partial charge in [-0.05, 0) is 25.1 Å². The first kappa shape index (κ1) is 12.2. The van der Waals surface area contributed by atoms with Gasteiger partial charge in [-0.2, -0.15) is 0 Å². The molecule has 0 radical (unpaired) electrons. The van der Waals surface area contributed by atoms with Crippen LogP contribution in [-0.4, -0.2) is 11.5 Å². The van der Waals surface area contributed by atoms with Crippen molar-refractivity contribution in [2.75, 3.05) is 6.54 Å². The lowest BCUT2D eigenvalue weighted by Gasteiger charge is -2.01. The molecule has 90 valence electrons. The molecule has 0 saturated carbocycles. The van der Waals surface area contributed by atoms with Crippen LogP contribution in [0.4, 0.5) is 4.39 Å². The van der Waals surface area contributed by atoms with E-state index >= 15 is 0 Å². The van der Waals surface area contributed by atoms with Crippen LogP contribution in [0.2, 0.25) is 0 Å². The van der Waals surface area contributed by atoms with Gasteiger partial charge in [0.25, 0.3) is 0 Å². The average molecular weight is 250 g/mol. The van der Waals surface area contributed by atoms with E-state index in [-0.39, 0.29) is 5.82 Å². The molecule has 0 amide bonds. The maximum Gasteiger partial charge on any atom is 0.136 e. The van der Waals surface area contributed by atoms with Gasteiger partial charge in [-0.3, -0.25) is 0 Å². The molecular weight excluding hydrogens is 235 g/mol. The summed E-state index contributed by atoms with van der Waals surface area (Å²) in [5, 5.41) is 5.93. The fraction of sp³-hybridized carbons (Fsp3) is 0.308. The van der Waals surface area contributed by atoms with E-state index in [0.29, 0.717) is 11.1 Å². The Morgan fingerprint density at radius 2 is 2.24 bits per heavy atom. The van der Waals surface area contributed by atoms with Crippen LogP contribution in [0.15, 0.2) is 23.6 Å². The minimum absolute atomic E-state index is 0.170. The Morgan fingerprint density at radius 3 is 3.00 bits per heavy atom. The lowest BCUT2D eigenvalue weighted by Crippen LogP contribution is -2.11. The van der Waals surface area contributed by atoms with Crippen LogP contribution in [0.3, 0.4) is 0 Å². The SMILES string of the molecule is CCNCc1csc(-c2cccc(C)c2F)n1. The molecule has 1 aromatic heterocycles. The van der Waals surface area contributed by atoms with E-state index in [1.165, 1.54) is 11.3 Å². The summed E-state index contributed by atoms with van der Waals surface area (Å²) in [6.45, 7) is 5.46. The summed E-state index contributed by atoms with van der Waals surface area (Å²) in [5.41, 5.74) is 2.22. The van der Waals surface area contributed by atoms with Gasteiger partial charge in [-0.15, -0.1) is 11.3 Å². The van der Waals surface area contributed by atoms with Gasteiger partial charge in [0.1, 0.15) is 10.8 Å². The van der Waals surface area contributed by atoms with Crippen molar-refractivity contribution in [2.45, 2.75) is 20.4 Å². The zero-order chi connectivity index (χ0) is 12.3. The highest BCUT2D eigenvalue weighted by Crippen LogP contribution is 2.27. The molecule has 0 spiro atoms. The number of aromatic nitrogens is 1. The van der Waals surface area contributed by atoms with Crippen molar-refractivity contribution in [1.29, 1.82) is 0 Å². The Hall–Kier alpha value is -1.26. The third kappa shape index (κ3) is 2.70. The van der Waals surface area contributed by atoms with Gasteiger partial charge < -0.3 is 5.32 Å². The van der Waals surface area contributed by atoms with Crippen LogP contribution in [0.25, 0.3) is 10.6 Å². The summed E-state index contributed by atoms with van der Waals surface area (Å²) in [6.07, 6.45) is 0. The van der Waals surface area contributed by atoms with Gasteiger partial charge >= 0.3 is 0 Å². The van der Waals surface area contributed by atoms with Crippen LogP contribution < -0.4 is 5.32 Å². The minimum atomic E-state index is -0.170. The maximum absolute atomic E-state index is 13.9. The smallest absolute Gasteiger partial charge is 0.136 e. The van der Waals surface area contributed by atoms with Gasteiger partial charge in [0.2, 0.25) is 0 Å². The normalized spacial score (nSPS) is 10.8. The second-order valence-corrected chi connectivity index (χ2v) is 4.72. The molecule has 0 aliphatic heterocycles. The molecule has 1 heterocycles. The minimum Gasteiger partial charge on any atom is -0.311 e. The standard InChI is InChI=1S/C13H15FN2S/c1-3-15-7-10-8-17-13(16-10)11-6-4-5-9(2)12(11)14/h4-6,8,15H,3,7H2,1-2H3. The number of halogens is 1. The third-order valence-electron chi connectivity index (χ3n) is 2.53. The molecule has 0 atom stereocenters. The molecule has 2 nitrogen and oxygen atoms in total. The van der Waals surface area contributed by atoms with Crippen molar-refractivity contribution in [3.63, 3.8) is 0 Å². The van der Waals surface area contributed by atoms with Gasteiger partial charge in [0, 0.05) is 17.5 Å². The van der Waals surface area contributed by atoms with E-state index in [1.807, 2.05) is 18.4 Å². The lowest BCUT2D eigenvalue weighted by atomic mass is 10.1. The average Bonchev–Trinajstić information content (AvgIpc) is 2.78. The fourth-order valence-corrected chi connectivity index (χ4v) is 2.42. The molecular formula is C13H15FN2S. The van der Waals surface area contributed by atoms with Crippen LogP contribution in [0.5, 0.6) is 0 Å². The van der Waals surface area contributed by atoms with Gasteiger partial charge in [-0.25, -0.2) is 9.37 Å². The van der Waals surface area contributed by atoms with E-state index in [1.54, 1.807) is 19.1 Å². The zero-order valence-electron chi connectivity index (χ0n) is 9.96. The second-order valence-electron chi connectivity index (χ2n) is 3.86. The molecule has 0 unspecified atom stereocenters. The fourth-order valence-electron chi connectivity index (χ4n) is 1.58. The highest BCUT2D eigenvalue weighted by atomic mass is 32.1. The van der Waals surface area contributed by atoms with Crippen molar-refractivity contribution in [2.24, 2.45) is 0 Å². The van der Waals surface area contributed by atoms with E-state index in [4.69, 9.17) is 0 Å². The number of aryl methyl sites for hydroxylation is 1. The Kier molecular flexibility index (Phi) is 3.86. The topological polar surface area (TPSA) is 24.9 Å². The Morgan fingerprint density at radius 1 is 1.41 bits per heavy atom. The number of thiazole rings is 1. The highest BCUT2D eigenvalue weighted by molar-refractivity contribution is 7.13. The molecule has 0 aliphatic carbocycles. The Labute approximate surface area is 105 Å². The molecule has 0 fully saturated rings. The van der Waals surface area contributed by atoms with Gasteiger partial charge in [-0.1, -0.05) is 19.1 Å². The summed E-state index contributed by atoms with van der Waals surface area (Å²) >= 11 is 1.48. The van der Waals surface area contributed by atoms with E-state index < -0.39 is 0 Å². The predicted octanol–water partition coefficient (Wildman–Crippen LogP) is 3.37. The quantitative estimate of drug-likeness (QED) is 0.900. The van der Waals surface area contributed by atoms with Crippen molar-refractivity contribution >= 4 is 11.3 Å². The van der Waals surface area contributed by atoms with Crippen LogP contribution in [0, 0.1) is 12.7 Å². The summed E-state index contributed by atoms with van der Waals surface area (Å²) in [7, 11) is 0. The molecule has 4 heteroatoms. The number of nitrogens with zero attached hydrogens (tertiary/aromatic N) is 1. The summed E-state index contributed by atoms with van der Waals surface area (Å²) in [4.78, 5) is 4.44. The summed E-state index contributed by atoms with van der Waals surface area (Å²) in [6, 6.07) is 5.41. The van der Waals surface area contributed by atoms with Crippen molar-refractivity contribution < 1.29 is 4.39 Å². The molecule has 0 bridgehead atoms. The number of hydrogen-bond acceptors (Lipinski definition) is 3. The van der Waals surface area contributed by atoms with Crippen LogP contribution >= 0.6 is 11.3 Å². The first-order valence-corrected chi connectivity index (χ1v) is 6.51. The number of rotatable bonds is 4. The van der Waals surface area contributed by atoms with Gasteiger partial charge in [0.15, 0.2) is 0 Å². The highest BCUT2D eigenvalue weighted by Gasteiger charge is 2.10. The molecule has 1 aromatic carbocycles. The summed E-state index contributed by atoms with van der Waals surface area (Å²) in [5.74, 6) is -0.170. The first-order chi connectivity index (χ1) is 8.22. The lowest BCUT2D eigenvalue weighted by molar-refractivity contribution is 0.622. The van der Waals surface area contributed by atoms with Crippen molar-refractivity contribution in [3.8, 4) is 10.6 Å². The molecule has 17 heavy (non-hydrogen) atoms. The molecule has 0 saturated heterocycles.